The van der Waals surface area contributed by atoms with Gasteiger partial charge in [-0.2, -0.15) is 0 Å². The van der Waals surface area contributed by atoms with Crippen LogP contribution in [0.5, 0.6) is 0 Å². The second-order valence-electron chi connectivity index (χ2n) is 4.57. The smallest absolute Gasteiger partial charge is 0.0950 e. The number of hydrogen-bond acceptors (Lipinski definition) is 4. The van der Waals surface area contributed by atoms with Crippen molar-refractivity contribution in [1.82, 2.24) is 4.90 Å². The largest absolute Gasteiger partial charge is 0.389 e. The molecule has 0 bridgehead atoms. The van der Waals surface area contributed by atoms with Crippen LogP contribution in [0.4, 0.5) is 0 Å². The molecule has 2 aliphatic heterocycles. The van der Waals surface area contributed by atoms with E-state index < -0.39 is 0 Å². The lowest BCUT2D eigenvalue weighted by Crippen LogP contribution is -2.42. The Bertz CT molecular complexity index is 199. The fraction of sp³-hybridized carbons (Fsp3) is 1.00. The van der Waals surface area contributed by atoms with Crippen LogP contribution in [-0.4, -0.2) is 54.5 Å². The molecule has 2 aliphatic rings. The molecule has 4 unspecified atom stereocenters. The number of rotatable bonds is 2. The third-order valence-corrected chi connectivity index (χ3v) is 3.49. The zero-order chi connectivity index (χ0) is 10.1. The summed E-state index contributed by atoms with van der Waals surface area (Å²) in [5, 5.41) is 9.68. The van der Waals surface area contributed by atoms with Gasteiger partial charge in [0.2, 0.25) is 0 Å². The van der Waals surface area contributed by atoms with E-state index in [2.05, 4.69) is 11.8 Å². The molecule has 4 nitrogen and oxygen atoms in total. The molecule has 3 N–H and O–H groups in total. The molecule has 2 fully saturated rings. The Kier molecular flexibility index (Phi) is 3.07. The number of aliphatic hydroxyl groups excluding tert-OH is 1. The average Bonchev–Trinajstić information content (AvgIpc) is 2.71. The van der Waals surface area contributed by atoms with Gasteiger partial charge in [-0.25, -0.2) is 0 Å². The Morgan fingerprint density at radius 1 is 1.50 bits per heavy atom. The molecule has 0 amide bonds. The van der Waals surface area contributed by atoms with Gasteiger partial charge in [0.05, 0.1) is 25.4 Å². The molecule has 0 spiro atoms. The highest BCUT2D eigenvalue weighted by molar-refractivity contribution is 4.90. The predicted octanol–water partition coefficient (Wildman–Crippen LogP) is -0.585. The van der Waals surface area contributed by atoms with Crippen LogP contribution in [0.3, 0.4) is 0 Å². The summed E-state index contributed by atoms with van der Waals surface area (Å²) in [6, 6.07) is 0.471. The minimum Gasteiger partial charge on any atom is -0.389 e. The van der Waals surface area contributed by atoms with E-state index in [1.807, 2.05) is 0 Å². The summed E-state index contributed by atoms with van der Waals surface area (Å²) in [6.45, 7) is 5.30. The molecule has 2 rings (SSSR count). The van der Waals surface area contributed by atoms with E-state index in [0.29, 0.717) is 19.1 Å². The highest BCUT2D eigenvalue weighted by Crippen LogP contribution is 2.24. The Hall–Kier alpha value is -0.160. The molecule has 0 saturated carbocycles. The number of likely N-dealkylation sites (tertiary alicyclic amines) is 1. The number of nitrogens with two attached hydrogens (primary N) is 1. The summed E-state index contributed by atoms with van der Waals surface area (Å²) in [6.07, 6.45) is 0.850. The highest BCUT2D eigenvalue weighted by Gasteiger charge is 2.36. The van der Waals surface area contributed by atoms with Crippen LogP contribution in [0.25, 0.3) is 0 Å². The van der Waals surface area contributed by atoms with Crippen molar-refractivity contribution in [3.05, 3.63) is 0 Å². The first-order valence-electron chi connectivity index (χ1n) is 5.44. The maximum Gasteiger partial charge on any atom is 0.0950 e. The first-order valence-corrected chi connectivity index (χ1v) is 5.44. The van der Waals surface area contributed by atoms with Gasteiger partial charge < -0.3 is 15.6 Å². The lowest BCUT2D eigenvalue weighted by molar-refractivity contribution is 0.0925. The quantitative estimate of drug-likeness (QED) is 0.626. The third-order valence-electron chi connectivity index (χ3n) is 3.49. The van der Waals surface area contributed by atoms with Crippen LogP contribution >= 0.6 is 0 Å². The molecule has 0 aromatic heterocycles. The first kappa shape index (κ1) is 10.4. The Morgan fingerprint density at radius 3 is 2.79 bits per heavy atom. The summed E-state index contributed by atoms with van der Waals surface area (Å²) < 4.78 is 5.25. The summed E-state index contributed by atoms with van der Waals surface area (Å²) >= 11 is 0. The molecule has 2 saturated heterocycles. The maximum absolute atomic E-state index is 9.68. The first-order chi connectivity index (χ1) is 6.68. The maximum atomic E-state index is 9.68. The van der Waals surface area contributed by atoms with Crippen molar-refractivity contribution >= 4 is 0 Å². The van der Waals surface area contributed by atoms with Crippen LogP contribution in [0, 0.1) is 5.92 Å². The molecular weight excluding hydrogens is 180 g/mol. The second-order valence-corrected chi connectivity index (χ2v) is 4.57. The van der Waals surface area contributed by atoms with Gasteiger partial charge in [-0.15, -0.1) is 0 Å². The van der Waals surface area contributed by atoms with Crippen molar-refractivity contribution in [2.24, 2.45) is 11.7 Å². The predicted molar refractivity (Wildman–Crippen MR) is 53.9 cm³/mol. The van der Waals surface area contributed by atoms with Crippen molar-refractivity contribution in [2.75, 3.05) is 26.3 Å². The summed E-state index contributed by atoms with van der Waals surface area (Å²) in [5.41, 5.74) is 5.87. The second kappa shape index (κ2) is 4.14. The van der Waals surface area contributed by atoms with Crippen LogP contribution in [0.2, 0.25) is 0 Å². The van der Waals surface area contributed by atoms with E-state index in [1.165, 1.54) is 0 Å². The van der Waals surface area contributed by atoms with E-state index in [9.17, 15) is 5.11 Å². The van der Waals surface area contributed by atoms with Crippen molar-refractivity contribution in [3.63, 3.8) is 0 Å². The molecule has 0 aromatic carbocycles. The molecule has 4 heteroatoms. The summed E-state index contributed by atoms with van der Waals surface area (Å²) in [5.74, 6) is 0.586. The van der Waals surface area contributed by atoms with Gasteiger partial charge in [-0.1, -0.05) is 0 Å². The van der Waals surface area contributed by atoms with Crippen molar-refractivity contribution in [2.45, 2.75) is 31.5 Å². The zero-order valence-corrected chi connectivity index (χ0v) is 8.72. The van der Waals surface area contributed by atoms with E-state index in [1.54, 1.807) is 0 Å². The number of aliphatic hydroxyl groups is 1. The van der Waals surface area contributed by atoms with E-state index in [-0.39, 0.29) is 18.2 Å². The number of nitrogens with zero attached hydrogens (tertiary/aromatic N) is 1. The molecule has 4 atom stereocenters. The molecule has 82 valence electrons. The monoisotopic (exact) mass is 200 g/mol. The van der Waals surface area contributed by atoms with Gasteiger partial charge in [0.1, 0.15) is 0 Å². The molecule has 2 heterocycles. The summed E-state index contributed by atoms with van der Waals surface area (Å²) in [4.78, 5) is 2.33. The standard InChI is InChI=1S/C10H20N2O2/c1-7(11)8-2-3-12(4-8)9-5-14-6-10(9)13/h7-10,13H,2-6,11H2,1H3. The molecular formula is C10H20N2O2. The zero-order valence-electron chi connectivity index (χ0n) is 8.72. The van der Waals surface area contributed by atoms with Gasteiger partial charge >= 0.3 is 0 Å². The van der Waals surface area contributed by atoms with Gasteiger partial charge in [0.15, 0.2) is 0 Å². The van der Waals surface area contributed by atoms with E-state index >= 15 is 0 Å². The van der Waals surface area contributed by atoms with Crippen LogP contribution < -0.4 is 5.73 Å². The van der Waals surface area contributed by atoms with Crippen LogP contribution in [0.1, 0.15) is 13.3 Å². The van der Waals surface area contributed by atoms with Crippen LogP contribution in [-0.2, 0) is 4.74 Å². The molecule has 0 radical (unpaired) electrons. The van der Waals surface area contributed by atoms with Gasteiger partial charge in [-0.05, 0) is 25.8 Å². The normalized spacial score (nSPS) is 41.8. The minimum atomic E-state index is -0.304. The fourth-order valence-electron chi connectivity index (χ4n) is 2.43. The lowest BCUT2D eigenvalue weighted by Gasteiger charge is -2.25. The van der Waals surface area contributed by atoms with Gasteiger partial charge in [0, 0.05) is 12.6 Å². The van der Waals surface area contributed by atoms with Gasteiger partial charge in [0.25, 0.3) is 0 Å². The van der Waals surface area contributed by atoms with E-state index in [0.717, 1.165) is 19.5 Å². The number of ether oxygens (including phenoxy) is 1. The molecule has 0 aromatic rings. The van der Waals surface area contributed by atoms with Crippen molar-refractivity contribution in [1.29, 1.82) is 0 Å². The van der Waals surface area contributed by atoms with Crippen molar-refractivity contribution in [3.8, 4) is 0 Å². The van der Waals surface area contributed by atoms with Gasteiger partial charge in [-0.3, -0.25) is 4.90 Å². The Balaban J connectivity index is 1.88. The molecule has 14 heavy (non-hydrogen) atoms. The Morgan fingerprint density at radius 2 is 2.29 bits per heavy atom. The summed E-state index contributed by atoms with van der Waals surface area (Å²) in [7, 11) is 0. The third kappa shape index (κ3) is 1.93. The SMILES string of the molecule is CC(N)C1CCN(C2COCC2O)C1. The lowest BCUT2D eigenvalue weighted by atomic mass is 10.0. The fourth-order valence-corrected chi connectivity index (χ4v) is 2.43. The minimum absolute atomic E-state index is 0.207. The van der Waals surface area contributed by atoms with E-state index in [4.69, 9.17) is 10.5 Å². The topological polar surface area (TPSA) is 58.7 Å². The molecule has 0 aliphatic carbocycles. The Labute approximate surface area is 85.0 Å². The van der Waals surface area contributed by atoms with Crippen molar-refractivity contribution < 1.29 is 9.84 Å². The average molecular weight is 200 g/mol. The number of hydrogen-bond donors (Lipinski definition) is 2. The van der Waals surface area contributed by atoms with Crippen LogP contribution in [0.15, 0.2) is 0 Å². The highest BCUT2D eigenvalue weighted by atomic mass is 16.5.